The lowest BCUT2D eigenvalue weighted by Crippen LogP contribution is -2.59. The molecule has 0 radical (unpaired) electrons. The fourth-order valence-corrected chi connectivity index (χ4v) is 4.45. The van der Waals surface area contributed by atoms with Gasteiger partial charge in [-0.25, -0.2) is 0 Å². The number of nitrogens with two attached hydrogens (primary N) is 1. The molecule has 0 spiro atoms. The maximum atomic E-state index is 12.0. The van der Waals surface area contributed by atoms with E-state index < -0.39 is 5.54 Å². The van der Waals surface area contributed by atoms with Crippen LogP contribution in [0.15, 0.2) is 0 Å². The Morgan fingerprint density at radius 1 is 1.32 bits per heavy atom. The van der Waals surface area contributed by atoms with Crippen molar-refractivity contribution < 1.29 is 4.79 Å². The summed E-state index contributed by atoms with van der Waals surface area (Å²) in [5, 5.41) is 4.77. The number of hydrogen-bond donors (Lipinski definition) is 2. The van der Waals surface area contributed by atoms with Crippen molar-refractivity contribution in [3.63, 3.8) is 0 Å². The van der Waals surface area contributed by atoms with E-state index in [0.717, 1.165) is 19.3 Å². The van der Waals surface area contributed by atoms with E-state index in [1.54, 1.807) is 0 Å². The minimum absolute atomic E-state index is 0.137. The van der Waals surface area contributed by atoms with Crippen molar-refractivity contribution in [3.05, 3.63) is 0 Å². The molecule has 0 saturated heterocycles. The number of rotatable bonds is 6. The van der Waals surface area contributed by atoms with Crippen molar-refractivity contribution in [2.75, 3.05) is 0 Å². The average Bonchev–Trinajstić information content (AvgIpc) is 3.12. The van der Waals surface area contributed by atoms with Crippen molar-refractivity contribution in [2.24, 2.45) is 11.7 Å². The number of amides is 1. The van der Waals surface area contributed by atoms with Crippen LogP contribution >= 0.6 is 11.8 Å². The average molecular weight is 284 g/mol. The Labute approximate surface area is 121 Å². The van der Waals surface area contributed by atoms with E-state index in [1.807, 2.05) is 11.8 Å². The fourth-order valence-electron chi connectivity index (χ4n) is 2.85. The first kappa shape index (κ1) is 15.2. The van der Waals surface area contributed by atoms with Gasteiger partial charge in [0.2, 0.25) is 5.91 Å². The Balaban J connectivity index is 1.98. The van der Waals surface area contributed by atoms with Crippen LogP contribution in [-0.2, 0) is 4.79 Å². The molecule has 19 heavy (non-hydrogen) atoms. The molecular formula is C15H28N2OS. The first-order valence-electron chi connectivity index (χ1n) is 7.66. The molecule has 2 aliphatic carbocycles. The summed E-state index contributed by atoms with van der Waals surface area (Å²) in [5.41, 5.74) is 5.30. The predicted octanol–water partition coefficient (Wildman–Crippen LogP) is 2.68. The molecule has 0 aromatic rings. The van der Waals surface area contributed by atoms with Gasteiger partial charge in [0.25, 0.3) is 0 Å². The highest BCUT2D eigenvalue weighted by molar-refractivity contribution is 8.00. The smallest absolute Gasteiger partial charge is 0.237 e. The molecule has 3 nitrogen and oxygen atoms in total. The standard InChI is InChI=1S/C15H28N2OS/c1-10(2)11(3)19-13-5-4-8-15(9-13,14(16)18)17-12-6-7-12/h10-13,17H,4-9H2,1-3H3,(H2,16,18). The second kappa shape index (κ2) is 6.04. The van der Waals surface area contributed by atoms with E-state index in [-0.39, 0.29) is 5.91 Å². The molecule has 4 heteroatoms. The third kappa shape index (κ3) is 3.88. The summed E-state index contributed by atoms with van der Waals surface area (Å²) in [6, 6.07) is 0.541. The van der Waals surface area contributed by atoms with Gasteiger partial charge in [-0.1, -0.05) is 20.8 Å². The number of carbonyl (C=O) groups excluding carboxylic acids is 1. The SMILES string of the molecule is CC(C)C(C)SC1CCCC(NC2CC2)(C(N)=O)C1. The summed E-state index contributed by atoms with van der Waals surface area (Å²) in [4.78, 5) is 12.0. The lowest BCUT2D eigenvalue weighted by Gasteiger charge is -2.40. The summed E-state index contributed by atoms with van der Waals surface area (Å²) in [5.74, 6) is 0.549. The van der Waals surface area contributed by atoms with Gasteiger partial charge in [0, 0.05) is 16.5 Å². The first-order chi connectivity index (χ1) is 8.93. The lowest BCUT2D eigenvalue weighted by atomic mass is 9.80. The van der Waals surface area contributed by atoms with E-state index in [9.17, 15) is 4.79 Å². The molecule has 0 heterocycles. The van der Waals surface area contributed by atoms with Gasteiger partial charge in [0.1, 0.15) is 0 Å². The zero-order valence-corrected chi connectivity index (χ0v) is 13.3. The molecular weight excluding hydrogens is 256 g/mol. The van der Waals surface area contributed by atoms with Crippen LogP contribution in [0.3, 0.4) is 0 Å². The van der Waals surface area contributed by atoms with E-state index >= 15 is 0 Å². The number of thioether (sulfide) groups is 1. The lowest BCUT2D eigenvalue weighted by molar-refractivity contribution is -0.125. The van der Waals surface area contributed by atoms with E-state index in [2.05, 4.69) is 26.1 Å². The second-order valence-electron chi connectivity index (χ2n) is 6.67. The summed E-state index contributed by atoms with van der Waals surface area (Å²) < 4.78 is 0. The Kier molecular flexibility index (Phi) is 4.83. The van der Waals surface area contributed by atoms with Crippen molar-refractivity contribution >= 4 is 17.7 Å². The molecule has 2 fully saturated rings. The van der Waals surface area contributed by atoms with Gasteiger partial charge in [0.15, 0.2) is 0 Å². The highest BCUT2D eigenvalue weighted by atomic mass is 32.2. The van der Waals surface area contributed by atoms with Crippen LogP contribution in [0.1, 0.15) is 59.3 Å². The van der Waals surface area contributed by atoms with Crippen LogP contribution in [0, 0.1) is 5.92 Å². The zero-order valence-electron chi connectivity index (χ0n) is 12.4. The highest BCUT2D eigenvalue weighted by Gasteiger charge is 2.44. The van der Waals surface area contributed by atoms with E-state index in [1.165, 1.54) is 19.3 Å². The van der Waals surface area contributed by atoms with Crippen LogP contribution in [-0.4, -0.2) is 28.0 Å². The normalized spacial score (nSPS) is 33.4. The molecule has 0 bridgehead atoms. The summed E-state index contributed by atoms with van der Waals surface area (Å²) in [7, 11) is 0. The van der Waals surface area contributed by atoms with Crippen molar-refractivity contribution in [1.29, 1.82) is 0 Å². The number of carbonyl (C=O) groups is 1. The monoisotopic (exact) mass is 284 g/mol. The van der Waals surface area contributed by atoms with Gasteiger partial charge in [-0.15, -0.1) is 0 Å². The van der Waals surface area contributed by atoms with Crippen LogP contribution in [0.4, 0.5) is 0 Å². The summed E-state index contributed by atoms with van der Waals surface area (Å²) in [6.07, 6.45) is 6.59. The molecule has 0 aromatic heterocycles. The van der Waals surface area contributed by atoms with Gasteiger partial charge < -0.3 is 11.1 Å². The molecule has 3 N–H and O–H groups in total. The molecule has 3 atom stereocenters. The Morgan fingerprint density at radius 2 is 2.00 bits per heavy atom. The maximum absolute atomic E-state index is 12.0. The zero-order chi connectivity index (χ0) is 14.0. The molecule has 2 aliphatic rings. The van der Waals surface area contributed by atoms with Crippen LogP contribution < -0.4 is 11.1 Å². The molecule has 1 amide bonds. The second-order valence-corrected chi connectivity index (χ2v) is 8.35. The van der Waals surface area contributed by atoms with E-state index in [4.69, 9.17) is 5.73 Å². The molecule has 110 valence electrons. The van der Waals surface area contributed by atoms with Gasteiger partial charge in [-0.3, -0.25) is 4.79 Å². The fraction of sp³-hybridized carbons (Fsp3) is 0.933. The molecule has 2 saturated carbocycles. The highest BCUT2D eigenvalue weighted by Crippen LogP contribution is 2.39. The summed E-state index contributed by atoms with van der Waals surface area (Å²) in [6.45, 7) is 6.83. The van der Waals surface area contributed by atoms with Crippen LogP contribution in [0.5, 0.6) is 0 Å². The van der Waals surface area contributed by atoms with Crippen molar-refractivity contribution in [3.8, 4) is 0 Å². The number of hydrogen-bond acceptors (Lipinski definition) is 3. The van der Waals surface area contributed by atoms with Gasteiger partial charge >= 0.3 is 0 Å². The quantitative estimate of drug-likeness (QED) is 0.788. The third-order valence-corrected chi connectivity index (χ3v) is 6.34. The minimum Gasteiger partial charge on any atom is -0.368 e. The molecule has 2 rings (SSSR count). The first-order valence-corrected chi connectivity index (χ1v) is 8.60. The van der Waals surface area contributed by atoms with Crippen molar-refractivity contribution in [1.82, 2.24) is 5.32 Å². The topological polar surface area (TPSA) is 55.1 Å². The number of nitrogens with one attached hydrogen (secondary N) is 1. The van der Waals surface area contributed by atoms with Gasteiger partial charge in [-0.2, -0.15) is 11.8 Å². The maximum Gasteiger partial charge on any atom is 0.237 e. The Bertz CT molecular complexity index is 330. The Hall–Kier alpha value is -0.220. The van der Waals surface area contributed by atoms with Gasteiger partial charge in [0.05, 0.1) is 5.54 Å². The predicted molar refractivity (Wildman–Crippen MR) is 82.2 cm³/mol. The third-order valence-electron chi connectivity index (χ3n) is 4.58. The van der Waals surface area contributed by atoms with Crippen molar-refractivity contribution in [2.45, 2.75) is 81.4 Å². The van der Waals surface area contributed by atoms with Crippen LogP contribution in [0.25, 0.3) is 0 Å². The molecule has 0 aliphatic heterocycles. The number of primary amides is 1. The largest absolute Gasteiger partial charge is 0.368 e. The molecule has 0 aromatic carbocycles. The van der Waals surface area contributed by atoms with Crippen LogP contribution in [0.2, 0.25) is 0 Å². The Morgan fingerprint density at radius 3 is 2.53 bits per heavy atom. The minimum atomic E-state index is -0.423. The van der Waals surface area contributed by atoms with E-state index in [0.29, 0.717) is 22.5 Å². The van der Waals surface area contributed by atoms with Gasteiger partial charge in [-0.05, 0) is 44.4 Å². The molecule has 3 unspecified atom stereocenters. The summed E-state index contributed by atoms with van der Waals surface area (Å²) >= 11 is 2.05.